The van der Waals surface area contributed by atoms with Crippen LogP contribution in [-0.2, 0) is 19.1 Å². The highest BCUT2D eigenvalue weighted by Crippen LogP contribution is 2.44. The van der Waals surface area contributed by atoms with Gasteiger partial charge >= 0.3 is 12.1 Å². The maximum Gasteiger partial charge on any atom is 0.407 e. The third-order valence-corrected chi connectivity index (χ3v) is 7.48. The molecule has 0 aromatic heterocycles. The van der Waals surface area contributed by atoms with E-state index in [9.17, 15) is 19.5 Å². The minimum atomic E-state index is -1.02. The maximum atomic E-state index is 13.1. The fourth-order valence-electron chi connectivity index (χ4n) is 5.74. The van der Waals surface area contributed by atoms with Gasteiger partial charge in [0.15, 0.2) is 0 Å². The topological polar surface area (TPSA) is 105 Å². The van der Waals surface area contributed by atoms with Crippen molar-refractivity contribution in [2.45, 2.75) is 62.8 Å². The Balaban J connectivity index is 1.20. The van der Waals surface area contributed by atoms with Crippen LogP contribution in [-0.4, -0.2) is 65.4 Å². The van der Waals surface area contributed by atoms with E-state index < -0.39 is 24.1 Å². The molecule has 4 atom stereocenters. The summed E-state index contributed by atoms with van der Waals surface area (Å²) in [7, 11) is 0. The van der Waals surface area contributed by atoms with Crippen LogP contribution in [0.25, 0.3) is 11.1 Å². The Bertz CT molecular complexity index is 1090. The summed E-state index contributed by atoms with van der Waals surface area (Å²) in [6.07, 6.45) is 0.680. The second kappa shape index (κ2) is 9.70. The van der Waals surface area contributed by atoms with E-state index in [1.54, 1.807) is 0 Å². The molecule has 3 unspecified atom stereocenters. The second-order valence-electron chi connectivity index (χ2n) is 9.44. The van der Waals surface area contributed by atoms with E-state index in [4.69, 9.17) is 9.47 Å². The van der Waals surface area contributed by atoms with Crippen molar-refractivity contribution in [1.82, 2.24) is 10.2 Å². The number of rotatable bonds is 7. The van der Waals surface area contributed by atoms with Gasteiger partial charge in [0.1, 0.15) is 12.6 Å². The van der Waals surface area contributed by atoms with Gasteiger partial charge in [-0.1, -0.05) is 55.5 Å². The zero-order chi connectivity index (χ0) is 24.5. The van der Waals surface area contributed by atoms with Gasteiger partial charge in [0.2, 0.25) is 5.91 Å². The first-order valence-corrected chi connectivity index (χ1v) is 12.2. The van der Waals surface area contributed by atoms with Crippen molar-refractivity contribution in [3.8, 4) is 11.1 Å². The van der Waals surface area contributed by atoms with Crippen LogP contribution >= 0.6 is 0 Å². The van der Waals surface area contributed by atoms with Crippen LogP contribution in [0, 0.1) is 0 Å². The van der Waals surface area contributed by atoms with Crippen molar-refractivity contribution < 1.29 is 29.0 Å². The number of carbonyl (C=O) groups is 3. The van der Waals surface area contributed by atoms with E-state index in [2.05, 4.69) is 29.6 Å². The molecule has 3 aliphatic rings. The van der Waals surface area contributed by atoms with Gasteiger partial charge in [-0.15, -0.1) is 0 Å². The second-order valence-corrected chi connectivity index (χ2v) is 9.44. The molecule has 8 nitrogen and oxygen atoms in total. The molecule has 0 bridgehead atoms. The Morgan fingerprint density at radius 1 is 1.11 bits per heavy atom. The molecule has 2 aromatic carbocycles. The lowest BCUT2D eigenvalue weighted by molar-refractivity contribution is -0.149. The summed E-state index contributed by atoms with van der Waals surface area (Å²) >= 11 is 0. The first-order valence-electron chi connectivity index (χ1n) is 12.2. The van der Waals surface area contributed by atoms with E-state index >= 15 is 0 Å². The van der Waals surface area contributed by atoms with E-state index in [1.165, 1.54) is 4.90 Å². The van der Waals surface area contributed by atoms with Gasteiger partial charge in [0, 0.05) is 31.4 Å². The monoisotopic (exact) mass is 478 g/mol. The van der Waals surface area contributed by atoms with Gasteiger partial charge in [-0.25, -0.2) is 9.59 Å². The van der Waals surface area contributed by atoms with Gasteiger partial charge in [0.25, 0.3) is 0 Å². The van der Waals surface area contributed by atoms with Crippen LogP contribution in [0.3, 0.4) is 0 Å². The van der Waals surface area contributed by atoms with Gasteiger partial charge < -0.3 is 24.8 Å². The quantitative estimate of drug-likeness (QED) is 0.631. The van der Waals surface area contributed by atoms with Crippen LogP contribution in [0.2, 0.25) is 0 Å². The van der Waals surface area contributed by atoms with Crippen molar-refractivity contribution in [3.05, 3.63) is 59.7 Å². The van der Waals surface area contributed by atoms with Gasteiger partial charge in [-0.3, -0.25) is 4.79 Å². The summed E-state index contributed by atoms with van der Waals surface area (Å²) in [5, 5.41) is 12.4. The molecule has 2 amide bonds. The summed E-state index contributed by atoms with van der Waals surface area (Å²) in [6, 6.07) is 14.7. The van der Waals surface area contributed by atoms with Gasteiger partial charge in [-0.05, 0) is 35.1 Å². The van der Waals surface area contributed by atoms with Crippen molar-refractivity contribution in [3.63, 3.8) is 0 Å². The Morgan fingerprint density at radius 3 is 2.40 bits per heavy atom. The number of hydrogen-bond donors (Lipinski definition) is 2. The molecule has 1 aliphatic carbocycles. The molecule has 8 heteroatoms. The van der Waals surface area contributed by atoms with Crippen molar-refractivity contribution in [2.24, 2.45) is 0 Å². The molecule has 2 heterocycles. The number of carboxylic acids is 1. The predicted molar refractivity (Wildman–Crippen MR) is 128 cm³/mol. The molecule has 0 saturated carbocycles. The molecule has 184 valence electrons. The van der Waals surface area contributed by atoms with Crippen molar-refractivity contribution >= 4 is 18.0 Å². The summed E-state index contributed by atoms with van der Waals surface area (Å²) in [5.74, 6) is -1.34. The summed E-state index contributed by atoms with van der Waals surface area (Å²) in [5.41, 5.74) is 4.57. The number of hydrogen-bond acceptors (Lipinski definition) is 5. The number of carboxylic acid groups (broad SMARTS) is 1. The molecular formula is C27H30N2O6. The average Bonchev–Trinajstić information content (AvgIpc) is 3.54. The van der Waals surface area contributed by atoms with Crippen LogP contribution in [0.1, 0.15) is 49.7 Å². The summed E-state index contributed by atoms with van der Waals surface area (Å²) < 4.78 is 11.2. The summed E-state index contributed by atoms with van der Waals surface area (Å²) in [6.45, 7) is 2.60. The number of likely N-dealkylation sites (tertiary alicyclic amines) is 1. The highest BCUT2D eigenvalue weighted by Gasteiger charge is 2.49. The minimum absolute atomic E-state index is 0.0215. The van der Waals surface area contributed by atoms with Crippen molar-refractivity contribution in [1.29, 1.82) is 0 Å². The van der Waals surface area contributed by atoms with E-state index in [0.29, 0.717) is 25.9 Å². The molecule has 5 rings (SSSR count). The Morgan fingerprint density at radius 2 is 1.77 bits per heavy atom. The van der Waals surface area contributed by atoms with Crippen LogP contribution in [0.4, 0.5) is 4.79 Å². The molecule has 2 aromatic rings. The minimum Gasteiger partial charge on any atom is -0.480 e. The zero-order valence-corrected chi connectivity index (χ0v) is 19.7. The smallest absolute Gasteiger partial charge is 0.407 e. The number of nitrogens with one attached hydrogen (secondary N) is 1. The Hall–Kier alpha value is -3.39. The highest BCUT2D eigenvalue weighted by molar-refractivity contribution is 5.85. The molecule has 2 aliphatic heterocycles. The molecule has 0 spiro atoms. The van der Waals surface area contributed by atoms with Crippen LogP contribution in [0.15, 0.2) is 48.5 Å². The predicted octanol–water partition coefficient (Wildman–Crippen LogP) is 3.54. The lowest BCUT2D eigenvalue weighted by Crippen LogP contribution is -2.48. The fourth-order valence-corrected chi connectivity index (χ4v) is 5.74. The van der Waals surface area contributed by atoms with E-state index in [-0.39, 0.29) is 37.0 Å². The van der Waals surface area contributed by atoms with Crippen molar-refractivity contribution in [2.75, 3.05) is 13.2 Å². The fraction of sp³-hybridized carbons (Fsp3) is 0.444. The number of nitrogens with zero attached hydrogens (tertiary/aromatic N) is 1. The molecule has 0 radical (unpaired) electrons. The SMILES string of the molecule is CC[C@@H](CC(=O)N1C(C(=O)O)CC2OCCC21)NC(=O)OCC1c2ccccc2-c2ccccc21. The van der Waals surface area contributed by atoms with E-state index in [1.807, 2.05) is 31.2 Å². The Labute approximate surface area is 204 Å². The maximum absolute atomic E-state index is 13.1. The molecule has 35 heavy (non-hydrogen) atoms. The highest BCUT2D eigenvalue weighted by atomic mass is 16.5. The largest absolute Gasteiger partial charge is 0.480 e. The lowest BCUT2D eigenvalue weighted by Gasteiger charge is -2.28. The molecular weight excluding hydrogens is 448 g/mol. The number of carbonyl (C=O) groups excluding carboxylic acids is 2. The standard InChI is InChI=1S/C27H30N2O6/c1-2-16(13-25(30)29-22-11-12-34-24(22)14-23(29)26(31)32)28-27(33)35-15-21-19-9-5-3-7-17(19)18-8-4-6-10-20(18)21/h3-10,16,21-24H,2,11-15H2,1H3,(H,28,33)(H,31,32)/t16-,22?,23?,24?/m0/s1. The third kappa shape index (κ3) is 4.38. The zero-order valence-electron chi connectivity index (χ0n) is 19.7. The molecule has 2 saturated heterocycles. The van der Waals surface area contributed by atoms with E-state index in [0.717, 1.165) is 22.3 Å². The number of aliphatic carboxylic acids is 1. The summed E-state index contributed by atoms with van der Waals surface area (Å²) in [4.78, 5) is 39.0. The van der Waals surface area contributed by atoms with Crippen LogP contribution in [0.5, 0.6) is 0 Å². The first-order chi connectivity index (χ1) is 17.0. The number of fused-ring (bicyclic) bond motifs is 4. The Kier molecular flexibility index (Phi) is 6.47. The molecule has 2 N–H and O–H groups in total. The number of benzene rings is 2. The third-order valence-electron chi connectivity index (χ3n) is 7.48. The number of alkyl carbamates (subject to hydrolysis) is 1. The van der Waals surface area contributed by atoms with Crippen LogP contribution < -0.4 is 5.32 Å². The average molecular weight is 479 g/mol. The first kappa shape index (κ1) is 23.4. The normalized spacial score (nSPS) is 23.3. The molecule has 2 fully saturated rings. The van der Waals surface area contributed by atoms with Gasteiger partial charge in [0.05, 0.1) is 12.1 Å². The number of ether oxygens (including phenoxy) is 2. The lowest BCUT2D eigenvalue weighted by atomic mass is 9.98. The van der Waals surface area contributed by atoms with Gasteiger partial charge in [-0.2, -0.15) is 0 Å². The number of amides is 2.